The minimum absolute atomic E-state index is 0.0432. The van der Waals surface area contributed by atoms with E-state index in [9.17, 15) is 9.59 Å². The van der Waals surface area contributed by atoms with E-state index in [-0.39, 0.29) is 17.6 Å². The fourth-order valence-corrected chi connectivity index (χ4v) is 4.54. The number of ether oxygens (including phenoxy) is 1. The first kappa shape index (κ1) is 27.9. The van der Waals surface area contributed by atoms with Crippen LogP contribution in [0.3, 0.4) is 0 Å². The number of carbonyl (C=O) groups excluding carboxylic acids is 2. The van der Waals surface area contributed by atoms with Crippen LogP contribution in [0.5, 0.6) is 5.75 Å². The molecule has 0 saturated carbocycles. The minimum Gasteiger partial charge on any atom is -0.372 e. The van der Waals surface area contributed by atoms with Crippen LogP contribution in [0.15, 0.2) is 48.6 Å². The summed E-state index contributed by atoms with van der Waals surface area (Å²) in [5.41, 5.74) is 5.86. The summed E-state index contributed by atoms with van der Waals surface area (Å²) in [7, 11) is 0. The first-order chi connectivity index (χ1) is 17.7. The number of allylic oxidation sites excluding steroid dienone is 1. The van der Waals surface area contributed by atoms with Gasteiger partial charge in [-0.3, -0.25) is 4.79 Å². The Labute approximate surface area is 221 Å². The topological polar surface area (TPSA) is 58.4 Å². The second-order valence-electron chi connectivity index (χ2n) is 9.80. The number of nitrogens with zero attached hydrogens (tertiary/aromatic N) is 1. The number of ketones is 1. The molecule has 1 aliphatic heterocycles. The van der Waals surface area contributed by atoms with E-state index in [1.54, 1.807) is 4.58 Å². The van der Waals surface area contributed by atoms with Crippen molar-refractivity contribution in [1.29, 1.82) is 0 Å². The maximum absolute atomic E-state index is 13.6. The molecule has 0 saturated heterocycles. The number of Topliss-reactive ketones (excluding diaryl/α,β-unsaturated/α-hetero) is 1. The van der Waals surface area contributed by atoms with Gasteiger partial charge in [0.25, 0.3) is 0 Å². The third kappa shape index (κ3) is 7.20. The van der Waals surface area contributed by atoms with Crippen molar-refractivity contribution in [2.45, 2.75) is 72.6 Å². The van der Waals surface area contributed by atoms with Crippen molar-refractivity contribution in [3.8, 4) is 17.7 Å². The van der Waals surface area contributed by atoms with Crippen LogP contribution in [-0.4, -0.2) is 29.2 Å². The standard InChI is InChI=1S/C32H39N2O3/c1-7-10-27-14-15-30(19-26(27)8-2)37-32(36)34(18-16-22(3)24(5)25(6)35)31-20-28(13-12-23(31)4)29-11-9-17-33-21-29/h12-15,18-20,22,29,33H,5,7-8,10-11,16,21H2,1-4,6H3/q+1. The summed E-state index contributed by atoms with van der Waals surface area (Å²) < 4.78 is 7.50. The molecule has 1 heterocycles. The van der Waals surface area contributed by atoms with Gasteiger partial charge in [-0.05, 0) is 67.0 Å². The molecule has 37 heavy (non-hydrogen) atoms. The van der Waals surface area contributed by atoms with Crippen molar-refractivity contribution in [2.24, 2.45) is 5.92 Å². The average molecular weight is 500 g/mol. The number of hydrogen-bond donors (Lipinski definition) is 1. The molecule has 2 unspecified atom stereocenters. The largest absolute Gasteiger partial charge is 0.607 e. The van der Waals surface area contributed by atoms with Crippen LogP contribution in [0, 0.1) is 24.8 Å². The van der Waals surface area contributed by atoms with Gasteiger partial charge < -0.3 is 10.1 Å². The molecule has 2 aromatic rings. The van der Waals surface area contributed by atoms with Crippen LogP contribution >= 0.6 is 0 Å². The van der Waals surface area contributed by atoms with Crippen molar-refractivity contribution >= 4 is 23.8 Å². The van der Waals surface area contributed by atoms with Crippen molar-refractivity contribution < 1.29 is 18.9 Å². The van der Waals surface area contributed by atoms with Gasteiger partial charge in [0.1, 0.15) is 5.75 Å². The van der Waals surface area contributed by atoms with E-state index in [1.165, 1.54) is 18.1 Å². The Balaban J connectivity index is 1.98. The summed E-state index contributed by atoms with van der Waals surface area (Å²) in [4.78, 5) is 25.5. The smallest absolute Gasteiger partial charge is 0.372 e. The second-order valence-corrected chi connectivity index (χ2v) is 9.80. The van der Waals surface area contributed by atoms with Crippen LogP contribution in [0.2, 0.25) is 0 Å². The zero-order valence-electron chi connectivity index (χ0n) is 22.8. The zero-order valence-corrected chi connectivity index (χ0v) is 22.8. The van der Waals surface area contributed by atoms with E-state index in [2.05, 4.69) is 55.9 Å². The number of amides is 1. The van der Waals surface area contributed by atoms with Crippen molar-refractivity contribution in [1.82, 2.24) is 5.32 Å². The molecule has 1 amide bonds. The number of rotatable bonds is 10. The monoisotopic (exact) mass is 499 g/mol. The summed E-state index contributed by atoms with van der Waals surface area (Å²) in [5.74, 6) is 3.75. The zero-order chi connectivity index (χ0) is 26.9. The predicted molar refractivity (Wildman–Crippen MR) is 150 cm³/mol. The van der Waals surface area contributed by atoms with Gasteiger partial charge in [-0.2, -0.15) is 4.79 Å². The quantitative estimate of drug-likeness (QED) is 0.172. The fraction of sp³-hybridized carbons (Fsp3) is 0.406. The van der Waals surface area contributed by atoms with Gasteiger partial charge in [0, 0.05) is 43.0 Å². The molecule has 1 N–H and O–H groups in total. The molecule has 0 bridgehead atoms. The van der Waals surface area contributed by atoms with Crippen molar-refractivity contribution in [3.05, 3.63) is 70.8 Å². The minimum atomic E-state index is -0.479. The van der Waals surface area contributed by atoms with Crippen LogP contribution in [0.25, 0.3) is 0 Å². The van der Waals surface area contributed by atoms with Crippen LogP contribution < -0.4 is 10.1 Å². The van der Waals surface area contributed by atoms with E-state index >= 15 is 0 Å². The summed E-state index contributed by atoms with van der Waals surface area (Å²) >= 11 is 0. The summed E-state index contributed by atoms with van der Waals surface area (Å²) in [5, 5.41) is 3.12. The molecule has 2 aromatic carbocycles. The van der Waals surface area contributed by atoms with E-state index in [1.807, 2.05) is 38.3 Å². The maximum atomic E-state index is 13.6. The van der Waals surface area contributed by atoms with Gasteiger partial charge in [-0.25, -0.2) is 0 Å². The van der Waals surface area contributed by atoms with Crippen molar-refractivity contribution in [3.63, 3.8) is 0 Å². The number of aryl methyl sites for hydroxylation is 3. The average Bonchev–Trinajstić information content (AvgIpc) is 2.90. The van der Waals surface area contributed by atoms with Crippen LogP contribution in [0.1, 0.15) is 75.1 Å². The number of benzene rings is 2. The van der Waals surface area contributed by atoms with Gasteiger partial charge >= 0.3 is 6.09 Å². The highest BCUT2D eigenvalue weighted by Gasteiger charge is 2.28. The third-order valence-electron chi connectivity index (χ3n) is 7.01. The fourth-order valence-electron chi connectivity index (χ4n) is 4.54. The van der Waals surface area contributed by atoms with Gasteiger partial charge in [0.15, 0.2) is 12.0 Å². The summed E-state index contributed by atoms with van der Waals surface area (Å²) in [6.45, 7) is 14.4. The molecule has 0 aromatic heterocycles. The molecular weight excluding hydrogens is 460 g/mol. The number of nitrogens with one attached hydrogen (secondary N) is 1. The Kier molecular flexibility index (Phi) is 9.85. The number of carbonyl (C=O) groups is 2. The Morgan fingerprint density at radius 3 is 2.65 bits per heavy atom. The Bertz CT molecular complexity index is 1260. The Hall–Kier alpha value is -3.65. The van der Waals surface area contributed by atoms with Crippen LogP contribution in [-0.2, 0) is 17.6 Å². The molecule has 1 aliphatic rings. The lowest BCUT2D eigenvalue weighted by atomic mass is 9.93. The molecule has 194 valence electrons. The molecule has 0 spiro atoms. The van der Waals surface area contributed by atoms with Gasteiger partial charge in [0.05, 0.1) is 0 Å². The molecule has 0 fully saturated rings. The van der Waals surface area contributed by atoms with E-state index < -0.39 is 6.09 Å². The molecule has 0 aliphatic carbocycles. The van der Waals surface area contributed by atoms with E-state index in [4.69, 9.17) is 4.74 Å². The lowest BCUT2D eigenvalue weighted by Crippen LogP contribution is -2.24. The molecule has 0 radical (unpaired) electrons. The number of hydrogen-bond acceptors (Lipinski definition) is 4. The van der Waals surface area contributed by atoms with Gasteiger partial charge in [0.2, 0.25) is 5.69 Å². The van der Waals surface area contributed by atoms with E-state index in [0.717, 1.165) is 49.0 Å². The highest BCUT2D eigenvalue weighted by Crippen LogP contribution is 2.29. The lowest BCUT2D eigenvalue weighted by molar-refractivity contribution is -0.346. The maximum Gasteiger partial charge on any atom is 0.607 e. The normalized spacial score (nSPS) is 15.7. The predicted octanol–water partition coefficient (Wildman–Crippen LogP) is 6.63. The Morgan fingerprint density at radius 1 is 1.22 bits per heavy atom. The highest BCUT2D eigenvalue weighted by atomic mass is 16.6. The molecule has 3 rings (SSSR count). The molecule has 5 nitrogen and oxygen atoms in total. The molecule has 2 atom stereocenters. The first-order valence-corrected chi connectivity index (χ1v) is 13.2. The first-order valence-electron chi connectivity index (χ1n) is 13.2. The van der Waals surface area contributed by atoms with Crippen molar-refractivity contribution in [2.75, 3.05) is 6.54 Å². The Morgan fingerprint density at radius 2 is 2.00 bits per heavy atom. The van der Waals surface area contributed by atoms with Gasteiger partial charge in [-0.1, -0.05) is 62.5 Å². The van der Waals surface area contributed by atoms with Crippen LogP contribution in [0.4, 0.5) is 10.5 Å². The third-order valence-corrected chi connectivity index (χ3v) is 7.01. The molecular formula is C32H39N2O3+. The highest BCUT2D eigenvalue weighted by molar-refractivity contribution is 5.93. The summed E-state index contributed by atoms with van der Waals surface area (Å²) in [6.07, 6.45) is 5.52. The molecule has 5 heteroatoms. The lowest BCUT2D eigenvalue weighted by Gasteiger charge is -2.17. The SMILES string of the molecule is C=C(C(C)=O)C(C)CC=[N+](C(=O)Oc1ccc(CCC)c(CC)c1)c1cc(C2CC#CNC2)ccc1C. The van der Waals surface area contributed by atoms with E-state index in [0.29, 0.717) is 17.7 Å². The second kappa shape index (κ2) is 13.1. The van der Waals surface area contributed by atoms with Gasteiger partial charge in [-0.15, -0.1) is 0 Å². The summed E-state index contributed by atoms with van der Waals surface area (Å²) in [6, 6.07) is 15.0.